The summed E-state index contributed by atoms with van der Waals surface area (Å²) in [6, 6.07) is 14.9. The Hall–Kier alpha value is -3.34. The maximum absolute atomic E-state index is 13.0. The number of H-pyrrole nitrogens is 1. The number of likely N-dealkylation sites (tertiary alicyclic amines) is 1. The number of aromatic amines is 1. The molecule has 2 N–H and O–H groups in total. The normalized spacial score (nSPS) is 18.5. The Morgan fingerprint density at radius 3 is 2.50 bits per heavy atom. The summed E-state index contributed by atoms with van der Waals surface area (Å²) in [5.41, 5.74) is 3.58. The molecular weight excluding hydrogens is 376 g/mol. The Morgan fingerprint density at radius 1 is 1.07 bits per heavy atom. The van der Waals surface area contributed by atoms with Crippen LogP contribution in [0.2, 0.25) is 0 Å². The summed E-state index contributed by atoms with van der Waals surface area (Å²) in [4.78, 5) is 30.7. The van der Waals surface area contributed by atoms with Crippen LogP contribution in [0.25, 0.3) is 16.7 Å². The third kappa shape index (κ3) is 3.30. The lowest BCUT2D eigenvalue weighted by atomic mass is 9.94. The second-order valence-corrected chi connectivity index (χ2v) is 7.69. The van der Waals surface area contributed by atoms with Crippen molar-refractivity contribution in [2.45, 2.75) is 39.2 Å². The van der Waals surface area contributed by atoms with Crippen LogP contribution in [0.1, 0.15) is 49.4 Å². The smallest absolute Gasteiger partial charge is 0.295 e. The molecule has 0 radical (unpaired) electrons. The Morgan fingerprint density at radius 2 is 1.80 bits per heavy atom. The first-order chi connectivity index (χ1) is 14.6. The number of fused-ring (bicyclic) bond motifs is 1. The van der Waals surface area contributed by atoms with E-state index in [1.807, 2.05) is 55.5 Å². The van der Waals surface area contributed by atoms with Gasteiger partial charge in [-0.1, -0.05) is 62.7 Å². The SMILES string of the molecule is CCCCN1C(=O)C(=O)/C(=C(\O)c2c[nH]c3ccccc23)C1c1ccc(CC)cc1. The number of nitrogens with one attached hydrogen (secondary N) is 1. The van der Waals surface area contributed by atoms with Gasteiger partial charge in [0.25, 0.3) is 11.7 Å². The molecule has 4 rings (SSSR count). The van der Waals surface area contributed by atoms with Crippen molar-refractivity contribution < 1.29 is 14.7 Å². The van der Waals surface area contributed by atoms with Crippen molar-refractivity contribution in [1.82, 2.24) is 9.88 Å². The third-order valence-corrected chi connectivity index (χ3v) is 5.84. The van der Waals surface area contributed by atoms with Crippen LogP contribution in [0, 0.1) is 0 Å². The van der Waals surface area contributed by atoms with E-state index >= 15 is 0 Å². The number of aryl methyl sites for hydroxylation is 1. The number of ketones is 1. The maximum atomic E-state index is 13.0. The fourth-order valence-electron chi connectivity index (χ4n) is 4.13. The molecule has 3 aromatic rings. The number of aromatic nitrogens is 1. The summed E-state index contributed by atoms with van der Waals surface area (Å²) < 4.78 is 0. The van der Waals surface area contributed by atoms with Gasteiger partial charge in [0, 0.05) is 29.2 Å². The van der Waals surface area contributed by atoms with Crippen molar-refractivity contribution in [3.8, 4) is 0 Å². The first-order valence-electron chi connectivity index (χ1n) is 10.5. The third-order valence-electron chi connectivity index (χ3n) is 5.84. The molecule has 1 unspecified atom stereocenters. The van der Waals surface area contributed by atoms with E-state index in [0.717, 1.165) is 35.7 Å². The van der Waals surface area contributed by atoms with Crippen molar-refractivity contribution in [1.29, 1.82) is 0 Å². The van der Waals surface area contributed by atoms with Gasteiger partial charge in [-0.3, -0.25) is 9.59 Å². The molecule has 5 nitrogen and oxygen atoms in total. The zero-order valence-electron chi connectivity index (χ0n) is 17.3. The van der Waals surface area contributed by atoms with Crippen LogP contribution in [0.15, 0.2) is 60.3 Å². The first kappa shape index (κ1) is 20.0. The minimum absolute atomic E-state index is 0.130. The summed E-state index contributed by atoms with van der Waals surface area (Å²) in [6.45, 7) is 4.61. The van der Waals surface area contributed by atoms with Gasteiger partial charge in [-0.2, -0.15) is 0 Å². The summed E-state index contributed by atoms with van der Waals surface area (Å²) in [7, 11) is 0. The topological polar surface area (TPSA) is 73.4 Å². The molecule has 0 saturated carbocycles. The molecule has 1 aliphatic rings. The van der Waals surface area contributed by atoms with E-state index in [2.05, 4.69) is 11.9 Å². The van der Waals surface area contributed by atoms with Gasteiger partial charge in [0.15, 0.2) is 0 Å². The van der Waals surface area contributed by atoms with Gasteiger partial charge in [-0.05, 0) is 30.0 Å². The molecule has 0 bridgehead atoms. The summed E-state index contributed by atoms with van der Waals surface area (Å²) in [5, 5.41) is 12.0. The molecule has 5 heteroatoms. The fourth-order valence-corrected chi connectivity index (χ4v) is 4.13. The molecule has 0 spiro atoms. The molecule has 1 aromatic heterocycles. The van der Waals surface area contributed by atoms with Gasteiger partial charge < -0.3 is 15.0 Å². The number of carbonyl (C=O) groups excluding carboxylic acids is 2. The van der Waals surface area contributed by atoms with Gasteiger partial charge in [0.05, 0.1) is 11.6 Å². The number of hydrogen-bond donors (Lipinski definition) is 2. The minimum atomic E-state index is -0.626. The Balaban J connectivity index is 1.88. The highest BCUT2D eigenvalue weighted by atomic mass is 16.3. The predicted octanol–water partition coefficient (Wildman–Crippen LogP) is 4.95. The van der Waals surface area contributed by atoms with Gasteiger partial charge >= 0.3 is 0 Å². The average molecular weight is 402 g/mol. The van der Waals surface area contributed by atoms with Crippen LogP contribution in [0.5, 0.6) is 0 Å². The lowest BCUT2D eigenvalue weighted by molar-refractivity contribution is -0.139. The average Bonchev–Trinajstić information content (AvgIpc) is 3.31. The molecule has 1 saturated heterocycles. The quantitative estimate of drug-likeness (QED) is 0.348. The highest BCUT2D eigenvalue weighted by Crippen LogP contribution is 2.40. The standard InChI is InChI=1S/C25H26N2O3/c1-3-5-14-27-22(17-12-10-16(4-2)11-13-17)21(24(29)25(27)30)23(28)19-15-26-20-9-7-6-8-18(19)20/h6-13,15,22,26,28H,3-5,14H2,1-2H3/b23-21-. The zero-order valence-corrected chi connectivity index (χ0v) is 17.3. The van der Waals surface area contributed by atoms with E-state index in [9.17, 15) is 14.7 Å². The van der Waals surface area contributed by atoms with E-state index in [4.69, 9.17) is 0 Å². The number of para-hydroxylation sites is 1. The number of carbonyl (C=O) groups is 2. The minimum Gasteiger partial charge on any atom is -0.507 e. The second kappa shape index (κ2) is 8.19. The van der Waals surface area contributed by atoms with Crippen molar-refractivity contribution >= 4 is 28.4 Å². The molecule has 2 aromatic carbocycles. The monoisotopic (exact) mass is 402 g/mol. The van der Waals surface area contributed by atoms with Crippen LogP contribution in [0.4, 0.5) is 0 Å². The number of benzene rings is 2. The molecule has 2 heterocycles. The van der Waals surface area contributed by atoms with Crippen LogP contribution in [0.3, 0.4) is 0 Å². The number of Topliss-reactive ketones (excluding diaryl/α,β-unsaturated/α-hetero) is 1. The number of aliphatic hydroxyl groups excluding tert-OH is 1. The molecule has 0 aliphatic carbocycles. The summed E-state index contributed by atoms with van der Waals surface area (Å²) >= 11 is 0. The van der Waals surface area contributed by atoms with Gasteiger partial charge in [-0.15, -0.1) is 0 Å². The summed E-state index contributed by atoms with van der Waals surface area (Å²) in [6.07, 6.45) is 4.30. The highest BCUT2D eigenvalue weighted by Gasteiger charge is 2.45. The Labute approximate surface area is 176 Å². The van der Waals surface area contributed by atoms with E-state index in [-0.39, 0.29) is 11.3 Å². The fraction of sp³-hybridized carbons (Fsp3) is 0.280. The molecule has 30 heavy (non-hydrogen) atoms. The Bertz CT molecular complexity index is 1120. The lowest BCUT2D eigenvalue weighted by Crippen LogP contribution is -2.30. The number of unbranched alkanes of at least 4 members (excludes halogenated alkanes) is 1. The van der Waals surface area contributed by atoms with Crippen LogP contribution < -0.4 is 0 Å². The maximum Gasteiger partial charge on any atom is 0.295 e. The van der Waals surface area contributed by atoms with Gasteiger partial charge in [0.2, 0.25) is 0 Å². The number of aliphatic hydroxyl groups is 1. The number of hydrogen-bond acceptors (Lipinski definition) is 3. The van der Waals surface area contributed by atoms with E-state index in [1.165, 1.54) is 5.56 Å². The molecule has 1 atom stereocenters. The molecule has 1 amide bonds. The van der Waals surface area contributed by atoms with Crippen LogP contribution in [-0.4, -0.2) is 33.2 Å². The lowest BCUT2D eigenvalue weighted by Gasteiger charge is -2.25. The van der Waals surface area contributed by atoms with Crippen LogP contribution >= 0.6 is 0 Å². The van der Waals surface area contributed by atoms with Crippen molar-refractivity contribution in [3.05, 3.63) is 77.0 Å². The molecular formula is C25H26N2O3. The summed E-state index contributed by atoms with van der Waals surface area (Å²) in [5.74, 6) is -1.30. The first-order valence-corrected chi connectivity index (χ1v) is 10.5. The number of nitrogens with zero attached hydrogens (tertiary/aromatic N) is 1. The molecule has 154 valence electrons. The largest absolute Gasteiger partial charge is 0.507 e. The van der Waals surface area contributed by atoms with E-state index in [0.29, 0.717) is 12.1 Å². The van der Waals surface area contributed by atoms with Crippen molar-refractivity contribution in [3.63, 3.8) is 0 Å². The zero-order chi connectivity index (χ0) is 21.3. The van der Waals surface area contributed by atoms with Crippen molar-refractivity contribution in [2.75, 3.05) is 6.54 Å². The van der Waals surface area contributed by atoms with Gasteiger partial charge in [-0.25, -0.2) is 0 Å². The Kier molecular flexibility index (Phi) is 5.44. The number of amides is 1. The molecule has 1 fully saturated rings. The predicted molar refractivity (Wildman–Crippen MR) is 118 cm³/mol. The second-order valence-electron chi connectivity index (χ2n) is 7.69. The van der Waals surface area contributed by atoms with Crippen LogP contribution in [-0.2, 0) is 16.0 Å². The van der Waals surface area contributed by atoms with E-state index in [1.54, 1.807) is 11.1 Å². The van der Waals surface area contributed by atoms with Gasteiger partial charge in [0.1, 0.15) is 5.76 Å². The van der Waals surface area contributed by atoms with E-state index < -0.39 is 17.7 Å². The van der Waals surface area contributed by atoms with Crippen molar-refractivity contribution in [2.24, 2.45) is 0 Å². The highest BCUT2D eigenvalue weighted by molar-refractivity contribution is 6.46. The number of rotatable bonds is 6. The molecule has 1 aliphatic heterocycles.